The molecule has 11 heteroatoms. The number of aliphatic hydroxyl groups is 1. The zero-order chi connectivity index (χ0) is 29.5. The number of aromatic amines is 1. The van der Waals surface area contributed by atoms with E-state index in [9.17, 15) is 44.4 Å². The summed E-state index contributed by atoms with van der Waals surface area (Å²) in [5.41, 5.74) is -6.03. The number of pyridine rings is 1. The number of H-pyrrole nitrogens is 1. The number of ether oxygens (including phenoxy) is 1. The van der Waals surface area contributed by atoms with Gasteiger partial charge in [0.05, 0.1) is 40.9 Å². The number of allylic oxidation sites excluding steroid dienone is 5. The Morgan fingerprint density at radius 3 is 2.22 bits per heavy atom. The number of nitrogens with one attached hydrogen (secondary N) is 1. The lowest BCUT2D eigenvalue weighted by Crippen LogP contribution is -2.46. The van der Waals surface area contributed by atoms with Gasteiger partial charge in [-0.3, -0.25) is 24.0 Å². The minimum atomic E-state index is -2.56. The maximum Gasteiger partial charge on any atom is 0.260 e. The molecule has 2 aromatic carbocycles. The molecule has 2 atom stereocenters. The molecule has 41 heavy (non-hydrogen) atoms. The Hall–Kier alpha value is -5.29. The van der Waals surface area contributed by atoms with Crippen molar-refractivity contribution in [2.24, 2.45) is 0 Å². The summed E-state index contributed by atoms with van der Waals surface area (Å²) in [5, 5.41) is 44.8. The number of benzene rings is 2. The maximum absolute atomic E-state index is 14.1. The summed E-state index contributed by atoms with van der Waals surface area (Å²) in [5.74, 6) is -7.62. The molecule has 0 aliphatic heterocycles. The fraction of sp³-hybridized carbons (Fsp3) is 0.167. The molecule has 0 saturated carbocycles. The number of rotatable bonds is 3. The first kappa shape index (κ1) is 26.0. The van der Waals surface area contributed by atoms with E-state index in [2.05, 4.69) is 4.98 Å². The van der Waals surface area contributed by atoms with Gasteiger partial charge in [-0.15, -0.1) is 0 Å². The quantitative estimate of drug-likeness (QED) is 0.182. The molecule has 0 amide bonds. The molecule has 3 aromatic rings. The van der Waals surface area contributed by atoms with E-state index < -0.39 is 85.5 Å². The molecule has 11 nitrogen and oxygen atoms in total. The van der Waals surface area contributed by atoms with Crippen LogP contribution in [0.1, 0.15) is 65.2 Å². The van der Waals surface area contributed by atoms with E-state index in [1.54, 1.807) is 30.4 Å². The van der Waals surface area contributed by atoms with Gasteiger partial charge in [-0.05, 0) is 30.0 Å². The van der Waals surface area contributed by atoms with Gasteiger partial charge in [-0.2, -0.15) is 0 Å². The van der Waals surface area contributed by atoms with Crippen LogP contribution in [0.2, 0.25) is 0 Å². The number of fused-ring (bicyclic) bond motifs is 5. The number of ketones is 4. The second kappa shape index (κ2) is 8.60. The maximum atomic E-state index is 14.1. The molecule has 3 aliphatic rings. The average molecular weight is 555 g/mol. The summed E-state index contributed by atoms with van der Waals surface area (Å²) >= 11 is 0. The highest BCUT2D eigenvalue weighted by molar-refractivity contribution is 6.39. The number of carbonyl (C=O) groups excluding carboxylic acids is 4. The Bertz CT molecular complexity index is 1960. The molecule has 6 rings (SSSR count). The second-order valence-corrected chi connectivity index (χ2v) is 9.95. The molecule has 0 saturated heterocycles. The molecule has 1 heterocycles. The number of Topliss-reactive ketones (excluding diaryl/α,β-unsaturated/α-hetero) is 3. The minimum absolute atomic E-state index is 0.185. The van der Waals surface area contributed by atoms with Gasteiger partial charge in [0.15, 0.2) is 28.5 Å². The van der Waals surface area contributed by atoms with Crippen LogP contribution >= 0.6 is 0 Å². The second-order valence-electron chi connectivity index (χ2n) is 9.95. The van der Waals surface area contributed by atoms with Crippen molar-refractivity contribution in [2.75, 3.05) is 7.11 Å². The molecule has 1 spiro atoms. The largest absolute Gasteiger partial charge is 0.507 e. The predicted octanol–water partition coefficient (Wildman–Crippen LogP) is 2.38. The summed E-state index contributed by atoms with van der Waals surface area (Å²) in [4.78, 5) is 69.5. The monoisotopic (exact) mass is 555 g/mol. The fourth-order valence-electron chi connectivity index (χ4n) is 6.17. The molecule has 0 fully saturated rings. The third-order valence-corrected chi connectivity index (χ3v) is 7.89. The van der Waals surface area contributed by atoms with Gasteiger partial charge in [-0.1, -0.05) is 24.3 Å². The van der Waals surface area contributed by atoms with Crippen molar-refractivity contribution >= 4 is 40.0 Å². The molecule has 0 bridgehead atoms. The Labute approximate surface area is 230 Å². The first-order valence-electron chi connectivity index (χ1n) is 12.5. The van der Waals surface area contributed by atoms with Gasteiger partial charge >= 0.3 is 0 Å². The Morgan fingerprint density at radius 2 is 1.59 bits per heavy atom. The first-order valence-corrected chi connectivity index (χ1v) is 12.5. The van der Waals surface area contributed by atoms with Crippen LogP contribution in [0.25, 0.3) is 16.8 Å². The highest BCUT2D eigenvalue weighted by Crippen LogP contribution is 2.57. The lowest BCUT2D eigenvalue weighted by Gasteiger charge is -2.26. The average Bonchev–Trinajstić information content (AvgIpc) is 3.35. The van der Waals surface area contributed by atoms with Gasteiger partial charge < -0.3 is 30.1 Å². The van der Waals surface area contributed by atoms with E-state index in [0.29, 0.717) is 5.69 Å². The van der Waals surface area contributed by atoms with Crippen LogP contribution < -0.4 is 5.56 Å². The number of carbonyl (C=O) groups is 4. The van der Waals surface area contributed by atoms with E-state index in [1.807, 2.05) is 6.92 Å². The van der Waals surface area contributed by atoms with Crippen LogP contribution in [0.15, 0.2) is 47.0 Å². The fourth-order valence-corrected chi connectivity index (χ4v) is 6.17. The van der Waals surface area contributed by atoms with Crippen LogP contribution in [0.3, 0.4) is 0 Å². The van der Waals surface area contributed by atoms with Crippen LogP contribution in [-0.4, -0.2) is 61.8 Å². The van der Waals surface area contributed by atoms with Gasteiger partial charge in [0.25, 0.3) is 5.56 Å². The lowest BCUT2D eigenvalue weighted by atomic mass is 9.74. The third kappa shape index (κ3) is 3.09. The van der Waals surface area contributed by atoms with E-state index in [0.717, 1.165) is 13.2 Å². The molecule has 1 aromatic heterocycles. The number of phenols is 3. The normalized spacial score (nSPS) is 21.3. The van der Waals surface area contributed by atoms with E-state index in [-0.39, 0.29) is 28.3 Å². The zero-order valence-corrected chi connectivity index (χ0v) is 21.6. The van der Waals surface area contributed by atoms with Crippen LogP contribution in [0.5, 0.6) is 17.2 Å². The Balaban J connectivity index is 1.62. The van der Waals surface area contributed by atoms with Crippen molar-refractivity contribution in [2.45, 2.75) is 24.9 Å². The molecular weight excluding hydrogens is 534 g/mol. The van der Waals surface area contributed by atoms with Crippen molar-refractivity contribution in [3.63, 3.8) is 0 Å². The smallest absolute Gasteiger partial charge is 0.260 e. The summed E-state index contributed by atoms with van der Waals surface area (Å²) in [7, 11) is 1.11. The Morgan fingerprint density at radius 1 is 0.927 bits per heavy atom. The predicted molar refractivity (Wildman–Crippen MR) is 144 cm³/mol. The molecule has 0 radical (unpaired) electrons. The Kier molecular flexibility index (Phi) is 5.45. The highest BCUT2D eigenvalue weighted by atomic mass is 16.5. The summed E-state index contributed by atoms with van der Waals surface area (Å²) in [6, 6.07) is 3.05. The van der Waals surface area contributed by atoms with Gasteiger partial charge in [0, 0.05) is 23.8 Å². The van der Waals surface area contributed by atoms with Crippen LogP contribution in [0.4, 0.5) is 0 Å². The van der Waals surface area contributed by atoms with Crippen molar-refractivity contribution in [3.05, 3.63) is 91.6 Å². The SMILES string of the molecule is C/C=C/C=C/c1cc2cc3c(c(O)c2c(=O)[nH]1)[C@@]1(C(=O)c2c(O)c4c(c(O)c2C1=O)C(=O)C(OC)=CC4=O)C(O)C3. The highest BCUT2D eigenvalue weighted by Gasteiger charge is 2.66. The number of aromatic nitrogens is 1. The number of phenolic OH excluding ortho intramolecular Hbond substituents is 3. The van der Waals surface area contributed by atoms with E-state index in [1.165, 1.54) is 6.07 Å². The minimum Gasteiger partial charge on any atom is -0.507 e. The van der Waals surface area contributed by atoms with Crippen molar-refractivity contribution in [1.29, 1.82) is 0 Å². The van der Waals surface area contributed by atoms with E-state index >= 15 is 0 Å². The number of hydrogen-bond acceptors (Lipinski definition) is 10. The summed E-state index contributed by atoms with van der Waals surface area (Å²) in [6.07, 6.45) is 5.54. The number of aliphatic hydroxyl groups excluding tert-OH is 1. The molecule has 5 N–H and O–H groups in total. The zero-order valence-electron chi connectivity index (χ0n) is 21.6. The summed E-state index contributed by atoms with van der Waals surface area (Å²) < 4.78 is 4.89. The first-order chi connectivity index (χ1) is 19.5. The molecule has 1 unspecified atom stereocenters. The van der Waals surface area contributed by atoms with Gasteiger partial charge in [-0.25, -0.2) is 0 Å². The van der Waals surface area contributed by atoms with E-state index in [4.69, 9.17) is 4.74 Å². The molecule has 3 aliphatic carbocycles. The lowest BCUT2D eigenvalue weighted by molar-refractivity contribution is 0.0554. The topological polar surface area (TPSA) is 191 Å². The standard InChI is InChI=1S/C30H21NO10/c1-3-4-5-6-13-8-11-7-12-9-16(33)30(22(12)26(37)17(11)29(40)31-13)27(38)20-21(28(30)39)25(36)19-18(24(20)35)14(32)10-15(41-2)23(19)34/h3-8,10,16,33,35-37H,9H2,1-2H3,(H,31,40)/b4-3+,6-5+/t16?,30-/m1/s1. The number of methoxy groups -OCH3 is 1. The number of hydrogen-bond donors (Lipinski definition) is 5. The van der Waals surface area contributed by atoms with Gasteiger partial charge in [0.2, 0.25) is 5.78 Å². The summed E-state index contributed by atoms with van der Waals surface area (Å²) in [6.45, 7) is 1.82. The molecular formula is C30H21NO10. The molecule has 206 valence electrons. The van der Waals surface area contributed by atoms with Gasteiger partial charge in [0.1, 0.15) is 17.2 Å². The van der Waals surface area contributed by atoms with Crippen LogP contribution in [-0.2, 0) is 16.6 Å². The van der Waals surface area contributed by atoms with Crippen molar-refractivity contribution in [1.82, 2.24) is 4.98 Å². The van der Waals surface area contributed by atoms with Crippen molar-refractivity contribution in [3.8, 4) is 17.2 Å². The van der Waals surface area contributed by atoms with Crippen molar-refractivity contribution < 1.29 is 44.3 Å². The van der Waals surface area contributed by atoms with Crippen LogP contribution in [0, 0.1) is 0 Å². The third-order valence-electron chi connectivity index (χ3n) is 7.89. The number of aromatic hydroxyl groups is 3.